The Balaban J connectivity index is 1.39. The molecule has 2 fully saturated rings. The summed E-state index contributed by atoms with van der Waals surface area (Å²) < 4.78 is 48.5. The Bertz CT molecular complexity index is 1490. The Morgan fingerprint density at radius 3 is 2.53 bits per heavy atom. The van der Waals surface area contributed by atoms with E-state index in [2.05, 4.69) is 34.4 Å². The van der Waals surface area contributed by atoms with Gasteiger partial charge in [-0.25, -0.2) is 4.79 Å². The molecule has 0 aliphatic carbocycles. The minimum absolute atomic E-state index is 0.0352. The van der Waals surface area contributed by atoms with Crippen LogP contribution in [0, 0.1) is 5.92 Å². The zero-order chi connectivity index (χ0) is 32.1. The van der Waals surface area contributed by atoms with Crippen LogP contribution in [-0.2, 0) is 15.7 Å². The van der Waals surface area contributed by atoms with Gasteiger partial charge < -0.3 is 19.9 Å². The average Bonchev–Trinajstić information content (AvgIpc) is 3.47. The van der Waals surface area contributed by atoms with E-state index in [4.69, 9.17) is 16.3 Å². The molecule has 2 aliphatic heterocycles. The van der Waals surface area contributed by atoms with Gasteiger partial charge >= 0.3 is 12.1 Å². The summed E-state index contributed by atoms with van der Waals surface area (Å²) >= 11 is 6.45. The van der Waals surface area contributed by atoms with Crippen molar-refractivity contribution < 1.29 is 27.5 Å². The van der Waals surface area contributed by atoms with Gasteiger partial charge in [0.1, 0.15) is 5.56 Å². The number of rotatable bonds is 6. The standard InChI is InChI=1S/C33H39ClF3N5O3/c1-3-45-32(44)28-20-39-42(31(28)33(35,36)37)26-7-5-16-41(21-26)29-19-24(34)10-13-27(29)23-8-11-25(12-9-23)40-15-4-6-22(2)18-30(43)38-14-17-40/h8-13,19-20,22,26H,3-7,14-18,21H2,1-2H3,(H,38,43). The van der Waals surface area contributed by atoms with Gasteiger partial charge in [-0.15, -0.1) is 0 Å². The Labute approximate surface area is 266 Å². The van der Waals surface area contributed by atoms with Crippen LogP contribution in [0.2, 0.25) is 5.02 Å². The lowest BCUT2D eigenvalue weighted by molar-refractivity contribution is -0.145. The van der Waals surface area contributed by atoms with Gasteiger partial charge in [-0.05, 0) is 68.4 Å². The number of halogens is 4. The second kappa shape index (κ2) is 14.1. The van der Waals surface area contributed by atoms with Gasteiger partial charge in [-0.2, -0.15) is 18.3 Å². The summed E-state index contributed by atoms with van der Waals surface area (Å²) in [6.07, 6.45) is -0.166. The summed E-state index contributed by atoms with van der Waals surface area (Å²) in [5, 5.41) is 7.58. The summed E-state index contributed by atoms with van der Waals surface area (Å²) in [6.45, 7) is 6.70. The predicted octanol–water partition coefficient (Wildman–Crippen LogP) is 6.98. The molecule has 242 valence electrons. The van der Waals surface area contributed by atoms with Crippen molar-refractivity contribution in [2.24, 2.45) is 5.92 Å². The van der Waals surface area contributed by atoms with Crippen LogP contribution < -0.4 is 15.1 Å². The first-order valence-electron chi connectivity index (χ1n) is 15.5. The summed E-state index contributed by atoms with van der Waals surface area (Å²) in [5.74, 6) is -0.597. The molecule has 1 amide bonds. The molecule has 8 nitrogen and oxygen atoms in total. The molecule has 5 rings (SSSR count). The van der Waals surface area contributed by atoms with Crippen LogP contribution in [0.4, 0.5) is 24.5 Å². The monoisotopic (exact) mass is 645 g/mol. The number of hydrogen-bond acceptors (Lipinski definition) is 6. The highest BCUT2D eigenvalue weighted by molar-refractivity contribution is 6.31. The predicted molar refractivity (Wildman–Crippen MR) is 169 cm³/mol. The maximum atomic E-state index is 14.2. The second-order valence-corrected chi connectivity index (χ2v) is 12.2. The van der Waals surface area contributed by atoms with Gasteiger partial charge in [0, 0.05) is 61.1 Å². The smallest absolute Gasteiger partial charge is 0.433 e. The molecule has 1 aromatic heterocycles. The van der Waals surface area contributed by atoms with Crippen molar-refractivity contribution in [3.05, 3.63) is 64.9 Å². The van der Waals surface area contributed by atoms with E-state index >= 15 is 0 Å². The summed E-state index contributed by atoms with van der Waals surface area (Å²) in [6, 6.07) is 13.2. The highest BCUT2D eigenvalue weighted by Crippen LogP contribution is 2.39. The number of aromatic nitrogens is 2. The van der Waals surface area contributed by atoms with Gasteiger partial charge in [0.2, 0.25) is 5.91 Å². The molecule has 2 unspecified atom stereocenters. The van der Waals surface area contributed by atoms with Gasteiger partial charge in [0.15, 0.2) is 5.69 Å². The largest absolute Gasteiger partial charge is 0.462 e. The normalized spacial score (nSPS) is 20.1. The van der Waals surface area contributed by atoms with Crippen LogP contribution in [0.5, 0.6) is 0 Å². The third kappa shape index (κ3) is 7.74. The quantitative estimate of drug-likeness (QED) is 0.291. The number of esters is 1. The lowest BCUT2D eigenvalue weighted by Gasteiger charge is -2.36. The molecular weight excluding hydrogens is 607 g/mol. The number of piperidine rings is 1. The summed E-state index contributed by atoms with van der Waals surface area (Å²) in [4.78, 5) is 28.8. The van der Waals surface area contributed by atoms with E-state index in [0.717, 1.165) is 52.8 Å². The van der Waals surface area contributed by atoms with Crippen LogP contribution in [0.3, 0.4) is 0 Å². The number of benzene rings is 2. The fraction of sp³-hybridized carbons (Fsp3) is 0.485. The molecule has 12 heteroatoms. The fourth-order valence-corrected chi connectivity index (χ4v) is 6.50. The molecule has 0 spiro atoms. The Hall–Kier alpha value is -3.73. The molecule has 1 N–H and O–H groups in total. The number of ether oxygens (including phenoxy) is 1. The third-order valence-electron chi connectivity index (χ3n) is 8.51. The first-order valence-corrected chi connectivity index (χ1v) is 15.9. The molecule has 45 heavy (non-hydrogen) atoms. The van der Waals surface area contributed by atoms with E-state index < -0.39 is 29.4 Å². The van der Waals surface area contributed by atoms with Crippen molar-refractivity contribution in [2.75, 3.05) is 49.1 Å². The lowest BCUT2D eigenvalue weighted by Crippen LogP contribution is -2.38. The topological polar surface area (TPSA) is 79.7 Å². The van der Waals surface area contributed by atoms with Crippen LogP contribution in [0.25, 0.3) is 11.1 Å². The van der Waals surface area contributed by atoms with E-state index in [1.807, 2.05) is 35.2 Å². The van der Waals surface area contributed by atoms with Gasteiger partial charge in [0.25, 0.3) is 0 Å². The van der Waals surface area contributed by atoms with E-state index in [1.165, 1.54) is 0 Å². The number of carbonyl (C=O) groups excluding carboxylic acids is 2. The second-order valence-electron chi connectivity index (χ2n) is 11.8. The first kappa shape index (κ1) is 32.7. The van der Waals surface area contributed by atoms with Crippen LogP contribution in [0.15, 0.2) is 48.7 Å². The highest BCUT2D eigenvalue weighted by atomic mass is 35.5. The van der Waals surface area contributed by atoms with Crippen molar-refractivity contribution in [3.8, 4) is 11.1 Å². The van der Waals surface area contributed by atoms with Crippen LogP contribution >= 0.6 is 11.6 Å². The number of nitrogens with zero attached hydrogens (tertiary/aromatic N) is 4. The number of nitrogens with one attached hydrogen (secondary N) is 1. The van der Waals surface area contributed by atoms with Crippen molar-refractivity contribution in [2.45, 2.75) is 58.2 Å². The SMILES string of the molecule is CCOC(=O)c1cnn(C2CCCN(c3cc(Cl)ccc3-c3ccc(N4CCCC(C)CC(=O)NCC4)cc3)C2)c1C(F)(F)F. The molecule has 2 saturated heterocycles. The maximum absolute atomic E-state index is 14.2. The molecule has 3 aromatic rings. The molecule has 0 bridgehead atoms. The molecule has 0 saturated carbocycles. The molecule has 0 radical (unpaired) electrons. The van der Waals surface area contributed by atoms with Crippen molar-refractivity contribution in [3.63, 3.8) is 0 Å². The van der Waals surface area contributed by atoms with Crippen LogP contribution in [-0.4, -0.2) is 61.0 Å². The van der Waals surface area contributed by atoms with Crippen molar-refractivity contribution in [1.82, 2.24) is 15.1 Å². The molecular formula is C33H39ClF3N5O3. The first-order chi connectivity index (χ1) is 21.5. The zero-order valence-electron chi connectivity index (χ0n) is 25.6. The minimum atomic E-state index is -4.78. The number of carbonyl (C=O) groups is 2. The Morgan fingerprint density at radius 1 is 1.07 bits per heavy atom. The van der Waals surface area contributed by atoms with Crippen molar-refractivity contribution >= 4 is 34.9 Å². The molecule has 2 aromatic carbocycles. The zero-order valence-corrected chi connectivity index (χ0v) is 26.3. The molecule has 2 atom stereocenters. The van der Waals surface area contributed by atoms with E-state index in [1.54, 1.807) is 6.92 Å². The number of alkyl halides is 3. The number of hydrogen-bond donors (Lipinski definition) is 1. The fourth-order valence-electron chi connectivity index (χ4n) is 6.34. The third-order valence-corrected chi connectivity index (χ3v) is 8.74. The molecule has 2 aliphatic rings. The van der Waals surface area contributed by atoms with Crippen LogP contribution in [0.1, 0.15) is 68.0 Å². The van der Waals surface area contributed by atoms with E-state index in [9.17, 15) is 22.8 Å². The summed E-state index contributed by atoms with van der Waals surface area (Å²) in [5.41, 5.74) is 2.09. The number of amides is 1. The highest BCUT2D eigenvalue weighted by Gasteiger charge is 2.42. The lowest BCUT2D eigenvalue weighted by atomic mass is 9.98. The Kier molecular flexibility index (Phi) is 10.3. The van der Waals surface area contributed by atoms with Gasteiger partial charge in [-0.1, -0.05) is 36.7 Å². The number of anilines is 2. The Morgan fingerprint density at radius 2 is 1.80 bits per heavy atom. The average molecular weight is 646 g/mol. The van der Waals surface area contributed by atoms with E-state index in [-0.39, 0.29) is 19.1 Å². The minimum Gasteiger partial charge on any atom is -0.462 e. The van der Waals surface area contributed by atoms with Crippen molar-refractivity contribution in [1.29, 1.82) is 0 Å². The van der Waals surface area contributed by atoms with E-state index in [0.29, 0.717) is 49.8 Å². The summed E-state index contributed by atoms with van der Waals surface area (Å²) in [7, 11) is 0. The van der Waals surface area contributed by atoms with Gasteiger partial charge in [-0.3, -0.25) is 9.48 Å². The maximum Gasteiger partial charge on any atom is 0.433 e. The molecule has 3 heterocycles. The van der Waals surface area contributed by atoms with Gasteiger partial charge in [0.05, 0.1) is 18.8 Å².